The minimum absolute atomic E-state index is 0.0746. The van der Waals surface area contributed by atoms with Gasteiger partial charge >= 0.3 is 5.97 Å². The maximum Gasteiger partial charge on any atom is 0.345 e. The third-order valence-electron chi connectivity index (χ3n) is 6.26. The number of hydrogen-bond acceptors (Lipinski definition) is 7. The minimum Gasteiger partial charge on any atom is -0.496 e. The van der Waals surface area contributed by atoms with Gasteiger partial charge in [0.25, 0.3) is 5.79 Å². The average Bonchev–Trinajstić information content (AvgIpc) is 3.34. The second kappa shape index (κ2) is 6.27. The number of ether oxygens (including phenoxy) is 4. The molecule has 1 atom stereocenters. The van der Waals surface area contributed by atoms with Gasteiger partial charge in [-0.05, 0) is 17.7 Å². The fourth-order valence-corrected chi connectivity index (χ4v) is 4.93. The summed E-state index contributed by atoms with van der Waals surface area (Å²) in [4.78, 5) is 40.2. The van der Waals surface area contributed by atoms with Crippen LogP contribution >= 0.6 is 0 Å². The number of ketones is 2. The molecule has 0 radical (unpaired) electrons. The topological polar surface area (TPSA) is 88.1 Å². The molecule has 0 saturated carbocycles. The van der Waals surface area contributed by atoms with E-state index in [0.717, 1.165) is 5.56 Å². The summed E-state index contributed by atoms with van der Waals surface area (Å²) in [5, 5.41) is 0. The lowest BCUT2D eigenvalue weighted by atomic mass is 9.77. The van der Waals surface area contributed by atoms with Crippen LogP contribution in [0.3, 0.4) is 0 Å². The van der Waals surface area contributed by atoms with Crippen molar-refractivity contribution >= 4 is 17.5 Å². The van der Waals surface area contributed by atoms with Crippen molar-refractivity contribution in [1.29, 1.82) is 0 Å². The number of methoxy groups -OCH3 is 2. The van der Waals surface area contributed by atoms with Crippen LogP contribution in [0, 0.1) is 0 Å². The summed E-state index contributed by atoms with van der Waals surface area (Å²) in [6.45, 7) is 0.143. The molecule has 158 valence electrons. The highest BCUT2D eigenvalue weighted by molar-refractivity contribution is 6.30. The van der Waals surface area contributed by atoms with Gasteiger partial charge in [-0.2, -0.15) is 0 Å². The molecule has 32 heavy (non-hydrogen) atoms. The SMILES string of the molecule is COc1cc2c(c3c1C(=O)O[C@]31OCc3cccc(OC)c31)C(=O)c1ccccc1C2=O. The summed E-state index contributed by atoms with van der Waals surface area (Å²) in [6, 6.07) is 13.4. The van der Waals surface area contributed by atoms with Gasteiger partial charge in [-0.3, -0.25) is 9.59 Å². The number of fused-ring (bicyclic) bond motifs is 7. The maximum absolute atomic E-state index is 13.7. The highest BCUT2D eigenvalue weighted by atomic mass is 16.7. The van der Waals surface area contributed by atoms with Gasteiger partial charge in [0.1, 0.15) is 17.1 Å². The summed E-state index contributed by atoms with van der Waals surface area (Å²) in [7, 11) is 2.90. The fourth-order valence-electron chi connectivity index (χ4n) is 4.93. The normalized spacial score (nSPS) is 19.9. The molecule has 0 amide bonds. The van der Waals surface area contributed by atoms with Crippen LogP contribution in [-0.4, -0.2) is 31.8 Å². The first-order valence-corrected chi connectivity index (χ1v) is 9.99. The van der Waals surface area contributed by atoms with Crippen LogP contribution in [0.5, 0.6) is 11.5 Å². The zero-order valence-electron chi connectivity index (χ0n) is 17.2. The van der Waals surface area contributed by atoms with Gasteiger partial charge in [0.2, 0.25) is 0 Å². The Morgan fingerprint density at radius 3 is 2.22 bits per heavy atom. The molecule has 1 aliphatic carbocycles. The van der Waals surface area contributed by atoms with Gasteiger partial charge < -0.3 is 18.9 Å². The molecule has 3 aliphatic rings. The predicted molar refractivity (Wildman–Crippen MR) is 110 cm³/mol. The Kier molecular flexibility index (Phi) is 3.68. The Balaban J connectivity index is 1.74. The van der Waals surface area contributed by atoms with E-state index in [2.05, 4.69) is 0 Å². The number of rotatable bonds is 2. The van der Waals surface area contributed by atoms with Crippen molar-refractivity contribution in [2.24, 2.45) is 0 Å². The van der Waals surface area contributed by atoms with Gasteiger partial charge in [-0.15, -0.1) is 0 Å². The average molecular weight is 428 g/mol. The lowest BCUT2D eigenvalue weighted by molar-refractivity contribution is -0.165. The molecular weight excluding hydrogens is 412 g/mol. The first-order valence-electron chi connectivity index (χ1n) is 9.99. The van der Waals surface area contributed by atoms with Gasteiger partial charge in [0.15, 0.2) is 11.6 Å². The van der Waals surface area contributed by atoms with E-state index >= 15 is 0 Å². The molecule has 0 fully saturated rings. The van der Waals surface area contributed by atoms with E-state index in [0.29, 0.717) is 16.9 Å². The molecule has 7 heteroatoms. The lowest BCUT2D eigenvalue weighted by Gasteiger charge is -2.29. The highest BCUT2D eigenvalue weighted by Gasteiger charge is 2.58. The fraction of sp³-hybridized carbons (Fsp3) is 0.160. The van der Waals surface area contributed by atoms with E-state index in [1.165, 1.54) is 20.3 Å². The maximum atomic E-state index is 13.7. The Hall–Kier alpha value is -3.97. The minimum atomic E-state index is -1.71. The van der Waals surface area contributed by atoms with Crippen molar-refractivity contribution in [3.8, 4) is 11.5 Å². The molecule has 7 nitrogen and oxygen atoms in total. The summed E-state index contributed by atoms with van der Waals surface area (Å²) in [5.41, 5.74) is 2.34. The van der Waals surface area contributed by atoms with Crippen molar-refractivity contribution in [2.75, 3.05) is 14.2 Å². The van der Waals surface area contributed by atoms with Crippen molar-refractivity contribution < 1.29 is 33.3 Å². The summed E-state index contributed by atoms with van der Waals surface area (Å²) in [5.74, 6) is -2.52. The number of esters is 1. The summed E-state index contributed by atoms with van der Waals surface area (Å²) >= 11 is 0. The third kappa shape index (κ3) is 2.10. The molecule has 0 bridgehead atoms. The largest absolute Gasteiger partial charge is 0.496 e. The van der Waals surface area contributed by atoms with Gasteiger partial charge in [-0.1, -0.05) is 36.4 Å². The van der Waals surface area contributed by atoms with E-state index in [1.54, 1.807) is 30.3 Å². The molecule has 0 unspecified atom stereocenters. The molecule has 3 aromatic rings. The Morgan fingerprint density at radius 2 is 1.50 bits per heavy atom. The molecule has 6 rings (SSSR count). The zero-order valence-corrected chi connectivity index (χ0v) is 17.2. The van der Waals surface area contributed by atoms with Crippen LogP contribution in [0.25, 0.3) is 0 Å². The van der Waals surface area contributed by atoms with Gasteiger partial charge in [0, 0.05) is 22.3 Å². The van der Waals surface area contributed by atoms with Crippen LogP contribution in [0.1, 0.15) is 58.9 Å². The van der Waals surface area contributed by atoms with Crippen LogP contribution in [0.2, 0.25) is 0 Å². The smallest absolute Gasteiger partial charge is 0.345 e. The lowest BCUT2D eigenvalue weighted by Crippen LogP contribution is -2.32. The quantitative estimate of drug-likeness (QED) is 0.452. The van der Waals surface area contributed by atoms with Crippen molar-refractivity contribution in [3.05, 3.63) is 93.0 Å². The van der Waals surface area contributed by atoms with E-state index in [9.17, 15) is 14.4 Å². The highest BCUT2D eigenvalue weighted by Crippen LogP contribution is 2.55. The molecule has 2 heterocycles. The van der Waals surface area contributed by atoms with E-state index in [1.807, 2.05) is 12.1 Å². The van der Waals surface area contributed by atoms with E-state index < -0.39 is 11.8 Å². The Morgan fingerprint density at radius 1 is 0.781 bits per heavy atom. The van der Waals surface area contributed by atoms with Crippen LogP contribution in [0.4, 0.5) is 0 Å². The summed E-state index contributed by atoms with van der Waals surface area (Å²) in [6.07, 6.45) is 0. The number of carbonyl (C=O) groups is 3. The summed E-state index contributed by atoms with van der Waals surface area (Å²) < 4.78 is 23.0. The zero-order chi connectivity index (χ0) is 22.2. The monoisotopic (exact) mass is 428 g/mol. The van der Waals surface area contributed by atoms with Gasteiger partial charge in [-0.25, -0.2) is 4.79 Å². The second-order valence-corrected chi connectivity index (χ2v) is 7.74. The number of hydrogen-bond donors (Lipinski definition) is 0. The molecule has 2 aliphatic heterocycles. The van der Waals surface area contributed by atoms with Crippen molar-refractivity contribution in [2.45, 2.75) is 12.4 Å². The van der Waals surface area contributed by atoms with E-state index in [-0.39, 0.29) is 51.7 Å². The molecule has 0 aromatic heterocycles. The van der Waals surface area contributed by atoms with Crippen molar-refractivity contribution in [3.63, 3.8) is 0 Å². The molecule has 1 spiro atoms. The standard InChI is InChI=1S/C25H16O7/c1-29-16-9-5-6-12-11-31-25(20(12)16)21-18-15(10-17(30-2)19(21)24(28)32-25)22(26)13-7-3-4-8-14(13)23(18)27/h3-10H,11H2,1-2H3/t25-/m0/s1. The Labute approximate surface area is 182 Å². The van der Waals surface area contributed by atoms with Gasteiger partial charge in [0.05, 0.1) is 32.0 Å². The number of benzene rings is 3. The molecule has 0 saturated heterocycles. The molecule has 3 aromatic carbocycles. The number of carbonyl (C=O) groups excluding carboxylic acids is 3. The molecular formula is C25H16O7. The van der Waals surface area contributed by atoms with E-state index in [4.69, 9.17) is 18.9 Å². The first-order chi connectivity index (χ1) is 15.5. The van der Waals surface area contributed by atoms with Crippen molar-refractivity contribution in [1.82, 2.24) is 0 Å². The first kappa shape index (κ1) is 18.8. The molecule has 0 N–H and O–H groups in total. The van der Waals surface area contributed by atoms with Crippen LogP contribution in [0.15, 0.2) is 48.5 Å². The third-order valence-corrected chi connectivity index (χ3v) is 6.26. The van der Waals surface area contributed by atoms with Crippen LogP contribution < -0.4 is 9.47 Å². The Bertz CT molecular complexity index is 1390. The second-order valence-electron chi connectivity index (χ2n) is 7.74. The van der Waals surface area contributed by atoms with Crippen LogP contribution in [-0.2, 0) is 21.9 Å². The predicted octanol–water partition coefficient (Wildman–Crippen LogP) is 3.38.